The monoisotopic (exact) mass is 252 g/mol. The Bertz CT molecular complexity index is 608. The minimum absolute atomic E-state index is 0.133. The Morgan fingerprint density at radius 2 is 2.22 bits per heavy atom. The number of halogens is 1. The first-order valence-electron chi connectivity index (χ1n) is 5.03. The Morgan fingerprint density at radius 3 is 2.94 bits per heavy atom. The summed E-state index contributed by atoms with van der Waals surface area (Å²) in [4.78, 5) is 25.7. The molecule has 0 unspecified atom stereocenters. The predicted octanol–water partition coefficient (Wildman–Crippen LogP) is 1.17. The molecule has 1 amide bonds. The van der Waals surface area contributed by atoms with Crippen LogP contribution in [0.1, 0.15) is 5.89 Å². The Hall–Kier alpha value is -2.44. The molecule has 1 aromatic carbocycles. The lowest BCUT2D eigenvalue weighted by Crippen LogP contribution is -2.19. The maximum Gasteiger partial charge on any atom is 0.404 e. The maximum atomic E-state index is 12.9. The van der Waals surface area contributed by atoms with Crippen LogP contribution in [0, 0.1) is 5.82 Å². The zero-order valence-electron chi connectivity index (χ0n) is 9.18. The number of benzene rings is 1. The average Bonchev–Trinajstić information content (AvgIpc) is 2.67. The highest BCUT2D eigenvalue weighted by Crippen LogP contribution is 2.17. The molecular weight excluding hydrogens is 243 g/mol. The number of hydrogen-bond acceptors (Lipinski definition) is 5. The zero-order chi connectivity index (χ0) is 13.1. The van der Waals surface area contributed by atoms with Gasteiger partial charge in [0, 0.05) is 6.07 Å². The SMILES string of the molecule is NC(=O)OCC(=O)Cc1nc2ccc(F)cc2o1. The molecule has 0 atom stereocenters. The van der Waals surface area contributed by atoms with Gasteiger partial charge in [0.1, 0.15) is 11.3 Å². The van der Waals surface area contributed by atoms with Crippen LogP contribution in [0.5, 0.6) is 0 Å². The molecule has 7 heteroatoms. The summed E-state index contributed by atoms with van der Waals surface area (Å²) >= 11 is 0. The lowest BCUT2D eigenvalue weighted by molar-refractivity contribution is -0.121. The standard InChI is InChI=1S/C11H9FN2O4/c12-6-1-2-8-9(3-6)18-10(14-8)4-7(15)5-17-11(13)16/h1-3H,4-5H2,(H2,13,16). The van der Waals surface area contributed by atoms with Crippen molar-refractivity contribution < 1.29 is 23.1 Å². The third-order valence-corrected chi connectivity index (χ3v) is 2.12. The fourth-order valence-corrected chi connectivity index (χ4v) is 1.39. The minimum atomic E-state index is -1.03. The van der Waals surface area contributed by atoms with Crippen molar-refractivity contribution in [3.63, 3.8) is 0 Å². The summed E-state index contributed by atoms with van der Waals surface area (Å²) in [5.41, 5.74) is 5.43. The van der Waals surface area contributed by atoms with E-state index < -0.39 is 24.3 Å². The number of ether oxygens (including phenoxy) is 1. The van der Waals surface area contributed by atoms with Crippen LogP contribution in [0.3, 0.4) is 0 Å². The number of aromatic nitrogens is 1. The number of fused-ring (bicyclic) bond motifs is 1. The Morgan fingerprint density at radius 1 is 1.44 bits per heavy atom. The molecule has 6 nitrogen and oxygen atoms in total. The number of amides is 1. The quantitative estimate of drug-likeness (QED) is 0.881. The number of nitrogens with two attached hydrogens (primary N) is 1. The van der Waals surface area contributed by atoms with Crippen molar-refractivity contribution in [2.45, 2.75) is 6.42 Å². The molecular formula is C11H9FN2O4. The van der Waals surface area contributed by atoms with Crippen molar-refractivity contribution >= 4 is 23.0 Å². The van der Waals surface area contributed by atoms with Gasteiger partial charge < -0.3 is 14.9 Å². The Kier molecular flexibility index (Phi) is 3.22. The highest BCUT2D eigenvalue weighted by molar-refractivity contribution is 5.83. The normalized spacial score (nSPS) is 10.5. The van der Waals surface area contributed by atoms with Gasteiger partial charge in [-0.05, 0) is 12.1 Å². The second-order valence-electron chi connectivity index (χ2n) is 3.54. The first-order chi connectivity index (χ1) is 8.54. The molecule has 1 heterocycles. The zero-order valence-corrected chi connectivity index (χ0v) is 9.18. The summed E-state index contributed by atoms with van der Waals surface area (Å²) in [7, 11) is 0. The van der Waals surface area contributed by atoms with Crippen LogP contribution in [-0.4, -0.2) is 23.5 Å². The molecule has 0 radical (unpaired) electrons. The van der Waals surface area contributed by atoms with Crippen LogP contribution < -0.4 is 5.73 Å². The number of ketones is 1. The van der Waals surface area contributed by atoms with Crippen LogP contribution in [0.2, 0.25) is 0 Å². The Balaban J connectivity index is 2.07. The fraction of sp³-hybridized carbons (Fsp3) is 0.182. The van der Waals surface area contributed by atoms with E-state index in [1.165, 1.54) is 18.2 Å². The Labute approximate surface area is 101 Å². The molecule has 0 spiro atoms. The van der Waals surface area contributed by atoms with E-state index in [2.05, 4.69) is 9.72 Å². The van der Waals surface area contributed by atoms with E-state index in [0.717, 1.165) is 0 Å². The van der Waals surface area contributed by atoms with E-state index >= 15 is 0 Å². The summed E-state index contributed by atoms with van der Waals surface area (Å²) in [6, 6.07) is 3.87. The van der Waals surface area contributed by atoms with Crippen LogP contribution in [-0.2, 0) is 16.0 Å². The van der Waals surface area contributed by atoms with Gasteiger partial charge in [0.05, 0.1) is 6.42 Å². The molecule has 2 aromatic rings. The van der Waals surface area contributed by atoms with Crippen molar-refractivity contribution in [2.75, 3.05) is 6.61 Å². The van der Waals surface area contributed by atoms with Gasteiger partial charge in [-0.1, -0.05) is 0 Å². The van der Waals surface area contributed by atoms with Gasteiger partial charge in [0.15, 0.2) is 18.0 Å². The number of primary amides is 1. The van der Waals surface area contributed by atoms with E-state index in [1.54, 1.807) is 0 Å². The molecule has 0 saturated heterocycles. The van der Waals surface area contributed by atoms with E-state index in [0.29, 0.717) is 5.52 Å². The third-order valence-electron chi connectivity index (χ3n) is 2.12. The van der Waals surface area contributed by atoms with Crippen molar-refractivity contribution in [3.8, 4) is 0 Å². The van der Waals surface area contributed by atoms with E-state index in [-0.39, 0.29) is 17.9 Å². The molecule has 0 aliphatic carbocycles. The van der Waals surface area contributed by atoms with Crippen LogP contribution in [0.25, 0.3) is 11.1 Å². The molecule has 0 fully saturated rings. The first-order valence-corrected chi connectivity index (χ1v) is 5.03. The number of carbonyl (C=O) groups is 2. The molecule has 0 aliphatic heterocycles. The number of nitrogens with zero attached hydrogens (tertiary/aromatic N) is 1. The molecule has 0 saturated carbocycles. The molecule has 94 valence electrons. The van der Waals surface area contributed by atoms with E-state index in [9.17, 15) is 14.0 Å². The van der Waals surface area contributed by atoms with Gasteiger partial charge in [-0.3, -0.25) is 4.79 Å². The van der Waals surface area contributed by atoms with Crippen molar-refractivity contribution in [1.82, 2.24) is 4.98 Å². The topological polar surface area (TPSA) is 95.4 Å². The third kappa shape index (κ3) is 2.82. The van der Waals surface area contributed by atoms with E-state index in [4.69, 9.17) is 10.2 Å². The number of oxazole rings is 1. The second kappa shape index (κ2) is 4.82. The predicted molar refractivity (Wildman–Crippen MR) is 58.2 cm³/mol. The molecule has 0 bridgehead atoms. The lowest BCUT2D eigenvalue weighted by atomic mass is 10.3. The average molecular weight is 252 g/mol. The number of rotatable bonds is 4. The van der Waals surface area contributed by atoms with Crippen molar-refractivity contribution in [1.29, 1.82) is 0 Å². The van der Waals surface area contributed by atoms with Crippen LogP contribution >= 0.6 is 0 Å². The fourth-order valence-electron chi connectivity index (χ4n) is 1.39. The van der Waals surface area contributed by atoms with E-state index in [1.807, 2.05) is 0 Å². The number of hydrogen-bond donors (Lipinski definition) is 1. The largest absolute Gasteiger partial charge is 0.442 e. The highest BCUT2D eigenvalue weighted by Gasteiger charge is 2.12. The molecule has 1 aromatic heterocycles. The van der Waals surface area contributed by atoms with Crippen molar-refractivity contribution in [2.24, 2.45) is 5.73 Å². The summed E-state index contributed by atoms with van der Waals surface area (Å²) in [6.07, 6.45) is -1.17. The highest BCUT2D eigenvalue weighted by atomic mass is 19.1. The summed E-state index contributed by atoms with van der Waals surface area (Å²) in [5.74, 6) is -0.733. The number of carbonyl (C=O) groups excluding carboxylic acids is 2. The molecule has 2 N–H and O–H groups in total. The van der Waals surface area contributed by atoms with Crippen LogP contribution in [0.15, 0.2) is 22.6 Å². The number of Topliss-reactive ketones (excluding diaryl/α,β-unsaturated/α-hetero) is 1. The van der Waals surface area contributed by atoms with Gasteiger partial charge in [-0.25, -0.2) is 14.2 Å². The minimum Gasteiger partial charge on any atom is -0.442 e. The molecule has 18 heavy (non-hydrogen) atoms. The van der Waals surface area contributed by atoms with Gasteiger partial charge in [0.2, 0.25) is 5.89 Å². The molecule has 2 rings (SSSR count). The lowest BCUT2D eigenvalue weighted by Gasteiger charge is -1.97. The summed E-state index contributed by atoms with van der Waals surface area (Å²) < 4.78 is 22.4. The summed E-state index contributed by atoms with van der Waals surface area (Å²) in [6.45, 7) is -0.442. The van der Waals surface area contributed by atoms with Gasteiger partial charge >= 0.3 is 6.09 Å². The van der Waals surface area contributed by atoms with Crippen molar-refractivity contribution in [3.05, 3.63) is 29.9 Å². The van der Waals surface area contributed by atoms with Gasteiger partial charge in [0.25, 0.3) is 0 Å². The van der Waals surface area contributed by atoms with Gasteiger partial charge in [-0.15, -0.1) is 0 Å². The first kappa shape index (κ1) is 12.0. The van der Waals surface area contributed by atoms with Crippen LogP contribution in [0.4, 0.5) is 9.18 Å². The summed E-state index contributed by atoms with van der Waals surface area (Å²) in [5, 5.41) is 0. The maximum absolute atomic E-state index is 12.9. The second-order valence-corrected chi connectivity index (χ2v) is 3.54. The smallest absolute Gasteiger partial charge is 0.404 e. The van der Waals surface area contributed by atoms with Gasteiger partial charge in [-0.2, -0.15) is 0 Å². The molecule has 0 aliphatic rings.